The van der Waals surface area contributed by atoms with E-state index in [1.165, 1.54) is 0 Å². The molecule has 0 aromatic heterocycles. The lowest BCUT2D eigenvalue weighted by Gasteiger charge is -2.35. The predicted molar refractivity (Wildman–Crippen MR) is 84.2 cm³/mol. The fraction of sp³-hybridized carbons (Fsp3) is 0.533. The first-order chi connectivity index (χ1) is 10.6. The molecule has 1 aliphatic heterocycles. The molecule has 3 atom stereocenters. The average Bonchev–Trinajstić information content (AvgIpc) is 2.51. The molecule has 2 N–H and O–H groups in total. The maximum absolute atomic E-state index is 11.0. The summed E-state index contributed by atoms with van der Waals surface area (Å²) in [6, 6.07) is 5.40. The van der Waals surface area contributed by atoms with Crippen molar-refractivity contribution in [2.24, 2.45) is 5.92 Å². The van der Waals surface area contributed by atoms with E-state index in [0.717, 1.165) is 5.56 Å². The van der Waals surface area contributed by atoms with Gasteiger partial charge in [-0.05, 0) is 17.7 Å². The number of rotatable bonds is 8. The Morgan fingerprint density at radius 1 is 1.36 bits per heavy atom. The van der Waals surface area contributed by atoms with Crippen LogP contribution in [0, 0.1) is 5.92 Å². The Bertz CT molecular complexity index is 517. The van der Waals surface area contributed by atoms with Crippen LogP contribution in [-0.4, -0.2) is 42.9 Å². The Morgan fingerprint density at radius 3 is 2.59 bits per heavy atom. The van der Waals surface area contributed by atoms with Crippen LogP contribution in [0.4, 0.5) is 0 Å². The van der Waals surface area contributed by atoms with Gasteiger partial charge in [0.25, 0.3) is 0 Å². The molecular formula is C15H20BrNO5. The Morgan fingerprint density at radius 2 is 2.05 bits per heavy atom. The van der Waals surface area contributed by atoms with Gasteiger partial charge in [-0.2, -0.15) is 0 Å². The first-order valence-corrected chi connectivity index (χ1v) is 8.07. The molecule has 1 heterocycles. The predicted octanol–water partition coefficient (Wildman–Crippen LogP) is 1.44. The summed E-state index contributed by atoms with van der Waals surface area (Å²) in [7, 11) is 3.14. The highest BCUT2D eigenvalue weighted by Gasteiger charge is 2.36. The third-order valence-electron chi connectivity index (χ3n) is 3.68. The zero-order chi connectivity index (χ0) is 16.1. The summed E-state index contributed by atoms with van der Waals surface area (Å²) in [6.07, 6.45) is -0.536. The number of nitrogens with one attached hydrogen (secondary N) is 1. The third kappa shape index (κ3) is 3.91. The van der Waals surface area contributed by atoms with Gasteiger partial charge >= 0.3 is 0 Å². The Labute approximate surface area is 137 Å². The number of hydrogen-bond donors (Lipinski definition) is 2. The van der Waals surface area contributed by atoms with Crippen molar-refractivity contribution < 1.29 is 24.1 Å². The van der Waals surface area contributed by atoms with E-state index in [1.807, 2.05) is 6.07 Å². The molecule has 0 bridgehead atoms. The van der Waals surface area contributed by atoms with Gasteiger partial charge in [-0.1, -0.05) is 22.0 Å². The number of carbonyl (C=O) groups excluding carboxylic acids is 1. The number of β-lactam (4-membered cyclic amide) rings is 1. The van der Waals surface area contributed by atoms with Crippen LogP contribution in [0.15, 0.2) is 18.2 Å². The Kier molecular flexibility index (Phi) is 6.05. The second-order valence-corrected chi connectivity index (χ2v) is 5.73. The molecule has 1 aliphatic rings. The fourth-order valence-electron chi connectivity index (χ4n) is 2.30. The van der Waals surface area contributed by atoms with E-state index >= 15 is 0 Å². The topological polar surface area (TPSA) is 77.0 Å². The van der Waals surface area contributed by atoms with Crippen LogP contribution in [0.1, 0.15) is 12.0 Å². The number of aliphatic hydroxyl groups excluding tert-OH is 1. The van der Waals surface area contributed by atoms with E-state index in [0.29, 0.717) is 23.2 Å². The largest absolute Gasteiger partial charge is 0.493 e. The van der Waals surface area contributed by atoms with E-state index in [2.05, 4.69) is 21.2 Å². The van der Waals surface area contributed by atoms with E-state index < -0.39 is 6.29 Å². The molecule has 1 saturated heterocycles. The number of aliphatic hydroxyl groups is 1. The van der Waals surface area contributed by atoms with Crippen molar-refractivity contribution in [3.05, 3.63) is 23.8 Å². The number of methoxy groups -OCH3 is 2. The summed E-state index contributed by atoms with van der Waals surface area (Å²) in [5.41, 5.74) is 0.864. The summed E-state index contributed by atoms with van der Waals surface area (Å²) >= 11 is 3.35. The summed E-state index contributed by atoms with van der Waals surface area (Å²) in [4.78, 5) is 11.0. The van der Waals surface area contributed by atoms with Gasteiger partial charge in [0, 0.05) is 23.7 Å². The van der Waals surface area contributed by atoms with Crippen molar-refractivity contribution in [3.63, 3.8) is 0 Å². The molecule has 2 rings (SSSR count). The summed E-state index contributed by atoms with van der Waals surface area (Å²) in [6.45, 7) is 0.242. The first-order valence-electron chi connectivity index (χ1n) is 6.95. The van der Waals surface area contributed by atoms with Gasteiger partial charge < -0.3 is 24.6 Å². The molecule has 0 spiro atoms. The minimum absolute atomic E-state index is 0.00282. The van der Waals surface area contributed by atoms with Crippen molar-refractivity contribution in [2.75, 3.05) is 19.5 Å². The highest BCUT2D eigenvalue weighted by molar-refractivity contribution is 9.09. The van der Waals surface area contributed by atoms with Crippen molar-refractivity contribution >= 4 is 21.8 Å². The van der Waals surface area contributed by atoms with Gasteiger partial charge in [0.1, 0.15) is 0 Å². The molecule has 0 aliphatic carbocycles. The van der Waals surface area contributed by atoms with Gasteiger partial charge in [0.05, 0.1) is 20.8 Å². The molecule has 7 heteroatoms. The molecule has 0 radical (unpaired) electrons. The summed E-state index contributed by atoms with van der Waals surface area (Å²) < 4.78 is 15.9. The number of benzene rings is 1. The van der Waals surface area contributed by atoms with Gasteiger partial charge in [0.15, 0.2) is 17.8 Å². The zero-order valence-corrected chi connectivity index (χ0v) is 14.1. The Hall–Kier alpha value is -1.31. The number of ether oxygens (including phenoxy) is 3. The zero-order valence-electron chi connectivity index (χ0n) is 12.5. The third-order valence-corrected chi connectivity index (χ3v) is 4.43. The minimum Gasteiger partial charge on any atom is -0.493 e. The van der Waals surface area contributed by atoms with Crippen LogP contribution in [0.25, 0.3) is 0 Å². The Balaban J connectivity index is 1.92. The molecule has 1 unspecified atom stereocenters. The molecule has 0 saturated carbocycles. The molecule has 6 nitrogen and oxygen atoms in total. The van der Waals surface area contributed by atoms with Crippen LogP contribution < -0.4 is 14.8 Å². The molecule has 1 aromatic rings. The van der Waals surface area contributed by atoms with Crippen molar-refractivity contribution in [2.45, 2.75) is 25.4 Å². The fourth-order valence-corrected chi connectivity index (χ4v) is 3.07. The van der Waals surface area contributed by atoms with Crippen molar-refractivity contribution in [1.82, 2.24) is 5.32 Å². The lowest BCUT2D eigenvalue weighted by Crippen LogP contribution is -2.56. The number of halogens is 1. The maximum Gasteiger partial charge on any atom is 0.222 e. The van der Waals surface area contributed by atoms with Crippen LogP contribution in [0.5, 0.6) is 11.5 Å². The number of amides is 1. The number of carbonyl (C=O) groups is 1. The van der Waals surface area contributed by atoms with E-state index in [1.54, 1.807) is 26.4 Å². The average molecular weight is 374 g/mol. The van der Waals surface area contributed by atoms with E-state index in [4.69, 9.17) is 14.2 Å². The SMILES string of the molecule is COc1ccc(COC(O)[C@@H](CBr)[C@H]2CC(=O)N2)cc1OC. The monoisotopic (exact) mass is 373 g/mol. The molecule has 22 heavy (non-hydrogen) atoms. The summed E-state index contributed by atoms with van der Waals surface area (Å²) in [5.74, 6) is 1.07. The van der Waals surface area contributed by atoms with Gasteiger partial charge in [-0.15, -0.1) is 0 Å². The van der Waals surface area contributed by atoms with E-state index in [-0.39, 0.29) is 24.5 Å². The standard InChI is InChI=1S/C15H20BrNO5/c1-20-12-4-3-9(5-13(12)21-2)8-22-15(19)10(7-16)11-6-14(18)17-11/h3-5,10-11,15,19H,6-8H2,1-2H3,(H,17,18)/t10-,11+,15?/m0/s1. The molecular weight excluding hydrogens is 354 g/mol. The quantitative estimate of drug-likeness (QED) is 0.409. The van der Waals surface area contributed by atoms with E-state index in [9.17, 15) is 9.90 Å². The van der Waals surface area contributed by atoms with Crippen LogP contribution in [0.2, 0.25) is 0 Å². The van der Waals surface area contributed by atoms with Gasteiger partial charge in [-0.25, -0.2) is 0 Å². The lowest BCUT2D eigenvalue weighted by molar-refractivity contribution is -0.154. The highest BCUT2D eigenvalue weighted by Crippen LogP contribution is 2.28. The van der Waals surface area contributed by atoms with Gasteiger partial charge in [-0.3, -0.25) is 4.79 Å². The maximum atomic E-state index is 11.0. The van der Waals surface area contributed by atoms with Crippen LogP contribution in [-0.2, 0) is 16.1 Å². The summed E-state index contributed by atoms with van der Waals surface area (Å²) in [5, 5.41) is 13.5. The van der Waals surface area contributed by atoms with Gasteiger partial charge in [0.2, 0.25) is 5.91 Å². The smallest absolute Gasteiger partial charge is 0.222 e. The minimum atomic E-state index is -0.960. The second kappa shape index (κ2) is 7.80. The number of hydrogen-bond acceptors (Lipinski definition) is 5. The van der Waals surface area contributed by atoms with Crippen LogP contribution in [0.3, 0.4) is 0 Å². The first kappa shape index (κ1) is 17.1. The van der Waals surface area contributed by atoms with Crippen LogP contribution >= 0.6 is 15.9 Å². The van der Waals surface area contributed by atoms with Crippen molar-refractivity contribution in [3.8, 4) is 11.5 Å². The highest BCUT2D eigenvalue weighted by atomic mass is 79.9. The lowest BCUT2D eigenvalue weighted by atomic mass is 9.92. The molecule has 1 amide bonds. The molecule has 1 aromatic carbocycles. The second-order valence-electron chi connectivity index (χ2n) is 5.09. The molecule has 1 fully saturated rings. The number of alkyl halides is 1. The molecule has 122 valence electrons. The van der Waals surface area contributed by atoms with Crippen molar-refractivity contribution in [1.29, 1.82) is 0 Å². The normalized spacial score (nSPS) is 19.8.